The molecule has 0 saturated carbocycles. The molecule has 2 heterocycles. The van der Waals surface area contributed by atoms with Crippen molar-refractivity contribution < 1.29 is 4.42 Å². The van der Waals surface area contributed by atoms with Gasteiger partial charge in [-0.1, -0.05) is 0 Å². The monoisotopic (exact) mass is 321 g/mol. The minimum absolute atomic E-state index is 0.827. The standard InChI is InChI=1S/C17H31N5O/c1-3-18-17(19-8-7-16-6-4-15-23-16)20-9-12-22-11-5-10-21(2)13-14-22/h4,6,15H,3,5,7-14H2,1-2H3,(H2,18,19,20). The molecule has 0 unspecified atom stereocenters. The fourth-order valence-corrected chi connectivity index (χ4v) is 2.73. The highest BCUT2D eigenvalue weighted by Crippen LogP contribution is 2.01. The van der Waals surface area contributed by atoms with Crippen LogP contribution < -0.4 is 10.6 Å². The summed E-state index contributed by atoms with van der Waals surface area (Å²) in [5, 5.41) is 6.67. The van der Waals surface area contributed by atoms with Crippen LogP contribution in [0.4, 0.5) is 0 Å². The Kier molecular flexibility index (Phi) is 7.97. The largest absolute Gasteiger partial charge is 0.469 e. The number of rotatable bonds is 7. The highest BCUT2D eigenvalue weighted by Gasteiger charge is 2.11. The van der Waals surface area contributed by atoms with Gasteiger partial charge in [0.1, 0.15) is 5.76 Å². The molecule has 0 atom stereocenters. The Morgan fingerprint density at radius 1 is 1.26 bits per heavy atom. The van der Waals surface area contributed by atoms with Crippen molar-refractivity contribution in [3.05, 3.63) is 24.2 Å². The normalized spacial score (nSPS) is 17.9. The van der Waals surface area contributed by atoms with E-state index in [0.29, 0.717) is 0 Å². The maximum Gasteiger partial charge on any atom is 0.191 e. The van der Waals surface area contributed by atoms with E-state index in [4.69, 9.17) is 4.42 Å². The summed E-state index contributed by atoms with van der Waals surface area (Å²) >= 11 is 0. The molecule has 2 rings (SSSR count). The summed E-state index contributed by atoms with van der Waals surface area (Å²) in [7, 11) is 2.20. The van der Waals surface area contributed by atoms with Crippen LogP contribution in [0.1, 0.15) is 19.1 Å². The van der Waals surface area contributed by atoms with E-state index in [0.717, 1.165) is 57.4 Å². The van der Waals surface area contributed by atoms with Gasteiger partial charge in [-0.3, -0.25) is 4.99 Å². The first kappa shape index (κ1) is 17.8. The second-order valence-corrected chi connectivity index (χ2v) is 6.02. The molecule has 1 aromatic heterocycles. The Morgan fingerprint density at radius 3 is 2.96 bits per heavy atom. The van der Waals surface area contributed by atoms with Crippen LogP contribution in [0.2, 0.25) is 0 Å². The van der Waals surface area contributed by atoms with Gasteiger partial charge in [0, 0.05) is 39.1 Å². The quantitative estimate of drug-likeness (QED) is 0.580. The fraction of sp³-hybridized carbons (Fsp3) is 0.706. The second kappa shape index (κ2) is 10.3. The average molecular weight is 321 g/mol. The first-order chi connectivity index (χ1) is 11.3. The summed E-state index contributed by atoms with van der Waals surface area (Å²) in [6, 6.07) is 3.93. The predicted octanol–water partition coefficient (Wildman–Crippen LogP) is 1.01. The third-order valence-corrected chi connectivity index (χ3v) is 4.09. The lowest BCUT2D eigenvalue weighted by Crippen LogP contribution is -2.39. The van der Waals surface area contributed by atoms with Crippen LogP contribution in [0, 0.1) is 0 Å². The number of nitrogens with zero attached hydrogens (tertiary/aromatic N) is 3. The van der Waals surface area contributed by atoms with Gasteiger partial charge in [-0.25, -0.2) is 0 Å². The van der Waals surface area contributed by atoms with Gasteiger partial charge in [-0.05, 0) is 45.6 Å². The van der Waals surface area contributed by atoms with Gasteiger partial charge < -0.3 is 24.9 Å². The Hall–Kier alpha value is -1.53. The molecule has 0 radical (unpaired) electrons. The number of furan rings is 1. The number of likely N-dealkylation sites (N-methyl/N-ethyl adjacent to an activating group) is 1. The van der Waals surface area contributed by atoms with Gasteiger partial charge in [0.2, 0.25) is 0 Å². The molecule has 6 nitrogen and oxygen atoms in total. The van der Waals surface area contributed by atoms with E-state index in [-0.39, 0.29) is 0 Å². The molecular weight excluding hydrogens is 290 g/mol. The Morgan fingerprint density at radius 2 is 2.17 bits per heavy atom. The van der Waals surface area contributed by atoms with Crippen LogP contribution in [-0.4, -0.2) is 75.2 Å². The zero-order valence-electron chi connectivity index (χ0n) is 14.6. The van der Waals surface area contributed by atoms with Crippen molar-refractivity contribution in [1.82, 2.24) is 20.4 Å². The van der Waals surface area contributed by atoms with Gasteiger partial charge >= 0.3 is 0 Å². The van der Waals surface area contributed by atoms with Gasteiger partial charge in [0.15, 0.2) is 5.96 Å². The lowest BCUT2D eigenvalue weighted by atomic mass is 10.3. The molecule has 1 saturated heterocycles. The maximum atomic E-state index is 5.35. The molecule has 1 aliphatic rings. The van der Waals surface area contributed by atoms with Crippen molar-refractivity contribution in [1.29, 1.82) is 0 Å². The summed E-state index contributed by atoms with van der Waals surface area (Å²) < 4.78 is 5.35. The SMILES string of the molecule is CCNC(=NCCN1CCCN(C)CC1)NCCc1ccco1. The lowest BCUT2D eigenvalue weighted by molar-refractivity contribution is 0.283. The van der Waals surface area contributed by atoms with Crippen LogP contribution in [0.25, 0.3) is 0 Å². The lowest BCUT2D eigenvalue weighted by Gasteiger charge is -2.19. The van der Waals surface area contributed by atoms with Crippen molar-refractivity contribution in [2.75, 3.05) is 59.4 Å². The molecule has 0 amide bonds. The van der Waals surface area contributed by atoms with Crippen LogP contribution in [-0.2, 0) is 6.42 Å². The summed E-state index contributed by atoms with van der Waals surface area (Å²) in [5.74, 6) is 1.90. The minimum Gasteiger partial charge on any atom is -0.469 e. The van der Waals surface area contributed by atoms with Gasteiger partial charge in [0.25, 0.3) is 0 Å². The van der Waals surface area contributed by atoms with Gasteiger partial charge in [0.05, 0.1) is 12.8 Å². The molecular formula is C17H31N5O. The Balaban J connectivity index is 1.69. The predicted molar refractivity (Wildman–Crippen MR) is 94.9 cm³/mol. The van der Waals surface area contributed by atoms with Crippen molar-refractivity contribution in [2.24, 2.45) is 4.99 Å². The van der Waals surface area contributed by atoms with Crippen molar-refractivity contribution >= 4 is 5.96 Å². The molecule has 0 bridgehead atoms. The molecule has 2 N–H and O–H groups in total. The van der Waals surface area contributed by atoms with Crippen LogP contribution in [0.3, 0.4) is 0 Å². The number of hydrogen-bond donors (Lipinski definition) is 2. The highest BCUT2D eigenvalue weighted by atomic mass is 16.3. The molecule has 23 heavy (non-hydrogen) atoms. The third-order valence-electron chi connectivity index (χ3n) is 4.09. The van der Waals surface area contributed by atoms with Crippen molar-refractivity contribution in [3.63, 3.8) is 0 Å². The molecule has 0 aliphatic carbocycles. The first-order valence-corrected chi connectivity index (χ1v) is 8.73. The van der Waals surface area contributed by atoms with Gasteiger partial charge in [-0.15, -0.1) is 0 Å². The van der Waals surface area contributed by atoms with Crippen LogP contribution in [0.5, 0.6) is 0 Å². The molecule has 1 aromatic rings. The zero-order chi connectivity index (χ0) is 16.3. The smallest absolute Gasteiger partial charge is 0.191 e. The maximum absolute atomic E-state index is 5.35. The Labute approximate surface area is 139 Å². The van der Waals surface area contributed by atoms with E-state index in [2.05, 4.69) is 39.4 Å². The second-order valence-electron chi connectivity index (χ2n) is 6.02. The van der Waals surface area contributed by atoms with Gasteiger partial charge in [-0.2, -0.15) is 0 Å². The summed E-state index contributed by atoms with van der Waals surface area (Å²) in [6.07, 6.45) is 3.84. The van der Waals surface area contributed by atoms with Crippen molar-refractivity contribution in [2.45, 2.75) is 19.8 Å². The number of guanidine groups is 1. The molecule has 130 valence electrons. The summed E-state index contributed by atoms with van der Waals surface area (Å²) in [4.78, 5) is 9.60. The topological polar surface area (TPSA) is 56.0 Å². The minimum atomic E-state index is 0.827. The van der Waals surface area contributed by atoms with E-state index in [1.807, 2.05) is 12.1 Å². The van der Waals surface area contributed by atoms with Crippen molar-refractivity contribution in [3.8, 4) is 0 Å². The highest BCUT2D eigenvalue weighted by molar-refractivity contribution is 5.79. The first-order valence-electron chi connectivity index (χ1n) is 8.73. The molecule has 0 spiro atoms. The number of hydrogen-bond acceptors (Lipinski definition) is 4. The van der Waals surface area contributed by atoms with E-state index >= 15 is 0 Å². The van der Waals surface area contributed by atoms with E-state index in [9.17, 15) is 0 Å². The molecule has 6 heteroatoms. The van der Waals surface area contributed by atoms with E-state index in [1.54, 1.807) is 6.26 Å². The number of nitrogens with one attached hydrogen (secondary N) is 2. The average Bonchev–Trinajstić information content (AvgIpc) is 2.97. The third kappa shape index (κ3) is 7.05. The zero-order valence-corrected chi connectivity index (χ0v) is 14.6. The Bertz CT molecular complexity index is 446. The molecule has 0 aromatic carbocycles. The fourth-order valence-electron chi connectivity index (χ4n) is 2.73. The summed E-state index contributed by atoms with van der Waals surface area (Å²) in [5.41, 5.74) is 0. The molecule has 1 fully saturated rings. The van der Waals surface area contributed by atoms with Crippen LogP contribution in [0.15, 0.2) is 27.8 Å². The van der Waals surface area contributed by atoms with E-state index in [1.165, 1.54) is 19.5 Å². The van der Waals surface area contributed by atoms with E-state index < -0.39 is 0 Å². The number of aliphatic imine (C=N–C) groups is 1. The van der Waals surface area contributed by atoms with Crippen LogP contribution >= 0.6 is 0 Å². The summed E-state index contributed by atoms with van der Waals surface area (Å²) in [6.45, 7) is 10.4. The molecule has 1 aliphatic heterocycles.